The van der Waals surface area contributed by atoms with Crippen LogP contribution in [0.5, 0.6) is 11.5 Å². The fourth-order valence-electron chi connectivity index (χ4n) is 2.08. The number of rotatable bonds is 6. The Bertz CT molecular complexity index is 865. The highest BCUT2D eigenvalue weighted by Crippen LogP contribution is 2.36. The lowest BCUT2D eigenvalue weighted by Gasteiger charge is -2.13. The van der Waals surface area contributed by atoms with Crippen molar-refractivity contribution in [1.82, 2.24) is 14.9 Å². The molecule has 1 heterocycles. The third-order valence-electron chi connectivity index (χ3n) is 3.29. The summed E-state index contributed by atoms with van der Waals surface area (Å²) in [6.45, 7) is 0.441. The Morgan fingerprint density at radius 3 is 2.52 bits per heavy atom. The molecule has 6 nitrogen and oxygen atoms in total. The average molecular weight is 466 g/mol. The Kier molecular flexibility index (Phi) is 5.83. The fourth-order valence-corrected chi connectivity index (χ4v) is 2.92. The van der Waals surface area contributed by atoms with E-state index in [0.717, 1.165) is 20.1 Å². The first-order valence-corrected chi connectivity index (χ1v) is 8.88. The van der Waals surface area contributed by atoms with Crippen molar-refractivity contribution in [2.75, 3.05) is 7.11 Å². The molecule has 8 heteroatoms. The molecule has 1 aromatic heterocycles. The van der Waals surface area contributed by atoms with Crippen molar-refractivity contribution in [1.29, 1.82) is 0 Å². The van der Waals surface area contributed by atoms with E-state index in [2.05, 4.69) is 47.2 Å². The smallest absolute Gasteiger partial charge is 0.175 e. The minimum atomic E-state index is 0.441. The first-order valence-electron chi connectivity index (χ1n) is 7.29. The fraction of sp³-hybridized carbons (Fsp3) is 0.118. The summed E-state index contributed by atoms with van der Waals surface area (Å²) < 4.78 is 14.7. The van der Waals surface area contributed by atoms with Crippen LogP contribution >= 0.6 is 31.9 Å². The molecule has 0 aliphatic carbocycles. The number of nitrogens with zero attached hydrogens (tertiary/aromatic N) is 4. The first-order chi connectivity index (χ1) is 12.2. The summed E-state index contributed by atoms with van der Waals surface area (Å²) in [5.74, 6) is 1.27. The van der Waals surface area contributed by atoms with E-state index in [1.54, 1.807) is 13.3 Å². The van der Waals surface area contributed by atoms with E-state index in [1.165, 1.54) is 17.3 Å². The van der Waals surface area contributed by atoms with Crippen LogP contribution in [0, 0.1) is 0 Å². The summed E-state index contributed by atoms with van der Waals surface area (Å²) in [6, 6.07) is 11.7. The lowest BCUT2D eigenvalue weighted by atomic mass is 10.2. The van der Waals surface area contributed by atoms with E-state index in [1.807, 2.05) is 36.4 Å². The number of methoxy groups -OCH3 is 1. The summed E-state index contributed by atoms with van der Waals surface area (Å²) in [7, 11) is 1.61. The van der Waals surface area contributed by atoms with E-state index < -0.39 is 0 Å². The number of halogens is 2. The molecule has 0 bridgehead atoms. The van der Waals surface area contributed by atoms with Crippen LogP contribution in [0.25, 0.3) is 0 Å². The zero-order valence-corrected chi connectivity index (χ0v) is 16.4. The van der Waals surface area contributed by atoms with Gasteiger partial charge in [-0.2, -0.15) is 5.10 Å². The van der Waals surface area contributed by atoms with Gasteiger partial charge in [-0.05, 0) is 51.3 Å². The van der Waals surface area contributed by atoms with Crippen LogP contribution < -0.4 is 9.47 Å². The standard InChI is InChI=1S/C17H14Br2N4O2/c1-24-16-7-13(8-22-23-10-20-21-11-23)6-15(19)17(16)25-9-12-2-4-14(18)5-3-12/h2-8,10-11H,9H2,1H3/b22-8+. The molecular formula is C17H14Br2N4O2. The van der Waals surface area contributed by atoms with E-state index in [0.29, 0.717) is 18.1 Å². The molecule has 0 aliphatic rings. The molecular weight excluding hydrogens is 452 g/mol. The Labute approximate surface area is 161 Å². The molecule has 2 aromatic carbocycles. The highest BCUT2D eigenvalue weighted by molar-refractivity contribution is 9.10. The van der Waals surface area contributed by atoms with Gasteiger partial charge in [-0.3, -0.25) is 0 Å². The highest BCUT2D eigenvalue weighted by Gasteiger charge is 2.11. The number of hydrogen-bond donors (Lipinski definition) is 0. The van der Waals surface area contributed by atoms with Gasteiger partial charge in [-0.25, -0.2) is 4.68 Å². The molecule has 128 valence electrons. The largest absolute Gasteiger partial charge is 0.493 e. The zero-order chi connectivity index (χ0) is 17.6. The highest BCUT2D eigenvalue weighted by atomic mass is 79.9. The molecule has 0 unspecified atom stereocenters. The molecule has 0 N–H and O–H groups in total. The van der Waals surface area contributed by atoms with Crippen LogP contribution in [-0.2, 0) is 6.61 Å². The van der Waals surface area contributed by atoms with Gasteiger partial charge in [0, 0.05) is 4.47 Å². The molecule has 0 fully saturated rings. The van der Waals surface area contributed by atoms with E-state index >= 15 is 0 Å². The van der Waals surface area contributed by atoms with E-state index in [4.69, 9.17) is 9.47 Å². The van der Waals surface area contributed by atoms with Crippen LogP contribution in [-0.4, -0.2) is 28.2 Å². The molecule has 0 saturated heterocycles. The van der Waals surface area contributed by atoms with Crippen molar-refractivity contribution in [2.45, 2.75) is 6.61 Å². The minimum Gasteiger partial charge on any atom is -0.493 e. The molecule has 0 aliphatic heterocycles. The maximum Gasteiger partial charge on any atom is 0.175 e. The van der Waals surface area contributed by atoms with Crippen molar-refractivity contribution in [2.24, 2.45) is 5.10 Å². The molecule has 3 aromatic rings. The van der Waals surface area contributed by atoms with Gasteiger partial charge in [0.1, 0.15) is 19.3 Å². The van der Waals surface area contributed by atoms with Crippen LogP contribution in [0.2, 0.25) is 0 Å². The number of benzene rings is 2. The quantitative estimate of drug-likeness (QED) is 0.510. The average Bonchev–Trinajstić information content (AvgIpc) is 3.13. The second-order valence-electron chi connectivity index (χ2n) is 5.04. The second kappa shape index (κ2) is 8.26. The number of aromatic nitrogens is 3. The molecule has 0 atom stereocenters. The third-order valence-corrected chi connectivity index (χ3v) is 4.41. The summed E-state index contributed by atoms with van der Waals surface area (Å²) in [5.41, 5.74) is 1.92. The van der Waals surface area contributed by atoms with Gasteiger partial charge < -0.3 is 9.47 Å². The predicted octanol–water partition coefficient (Wildman–Crippen LogP) is 4.27. The normalized spacial score (nSPS) is 11.0. The monoisotopic (exact) mass is 464 g/mol. The van der Waals surface area contributed by atoms with Crippen molar-refractivity contribution in [3.05, 3.63) is 69.1 Å². The first kappa shape index (κ1) is 17.6. The maximum atomic E-state index is 5.93. The Morgan fingerprint density at radius 1 is 1.12 bits per heavy atom. The SMILES string of the molecule is COc1cc(/C=N/n2cnnc2)cc(Br)c1OCc1ccc(Br)cc1. The lowest BCUT2D eigenvalue weighted by molar-refractivity contribution is 0.282. The van der Waals surface area contributed by atoms with Gasteiger partial charge >= 0.3 is 0 Å². The molecule has 25 heavy (non-hydrogen) atoms. The molecule has 0 radical (unpaired) electrons. The topological polar surface area (TPSA) is 61.5 Å². The van der Waals surface area contributed by atoms with E-state index in [-0.39, 0.29) is 0 Å². The van der Waals surface area contributed by atoms with Gasteiger partial charge in [-0.15, -0.1) is 10.2 Å². The summed E-state index contributed by atoms with van der Waals surface area (Å²) in [5, 5.41) is 11.6. The van der Waals surface area contributed by atoms with Crippen LogP contribution in [0.15, 0.2) is 63.1 Å². The number of hydrogen-bond acceptors (Lipinski definition) is 5. The lowest BCUT2D eigenvalue weighted by Crippen LogP contribution is -2.00. The van der Waals surface area contributed by atoms with Gasteiger partial charge in [0.25, 0.3) is 0 Å². The van der Waals surface area contributed by atoms with Crippen LogP contribution in [0.3, 0.4) is 0 Å². The van der Waals surface area contributed by atoms with Crippen LogP contribution in [0.1, 0.15) is 11.1 Å². The van der Waals surface area contributed by atoms with Crippen molar-refractivity contribution in [3.8, 4) is 11.5 Å². The summed E-state index contributed by atoms with van der Waals surface area (Å²) >= 11 is 6.96. The maximum absolute atomic E-state index is 5.93. The van der Waals surface area contributed by atoms with Gasteiger partial charge in [0.2, 0.25) is 0 Å². The van der Waals surface area contributed by atoms with E-state index in [9.17, 15) is 0 Å². The number of ether oxygens (including phenoxy) is 2. The van der Waals surface area contributed by atoms with Crippen molar-refractivity contribution in [3.63, 3.8) is 0 Å². The van der Waals surface area contributed by atoms with Crippen LogP contribution in [0.4, 0.5) is 0 Å². The molecule has 3 rings (SSSR count). The Balaban J connectivity index is 1.78. The minimum absolute atomic E-state index is 0.441. The second-order valence-corrected chi connectivity index (χ2v) is 6.81. The zero-order valence-electron chi connectivity index (χ0n) is 13.3. The predicted molar refractivity (Wildman–Crippen MR) is 102 cm³/mol. The molecule has 0 amide bonds. The summed E-state index contributed by atoms with van der Waals surface area (Å²) in [6.07, 6.45) is 4.71. The van der Waals surface area contributed by atoms with Gasteiger partial charge in [0.05, 0.1) is 17.8 Å². The third kappa shape index (κ3) is 4.67. The molecule has 0 saturated carbocycles. The van der Waals surface area contributed by atoms with Crippen molar-refractivity contribution >= 4 is 38.1 Å². The van der Waals surface area contributed by atoms with Crippen molar-refractivity contribution < 1.29 is 9.47 Å². The van der Waals surface area contributed by atoms with Gasteiger partial charge in [-0.1, -0.05) is 28.1 Å². The Hall–Kier alpha value is -2.19. The molecule has 0 spiro atoms. The van der Waals surface area contributed by atoms with Gasteiger partial charge in [0.15, 0.2) is 11.5 Å². The Morgan fingerprint density at radius 2 is 1.84 bits per heavy atom. The summed E-state index contributed by atoms with van der Waals surface area (Å²) in [4.78, 5) is 0.